The number of ketones is 1. The van der Waals surface area contributed by atoms with E-state index < -0.39 is 5.97 Å². The van der Waals surface area contributed by atoms with Crippen LogP contribution in [0.15, 0.2) is 59.1 Å². The van der Waals surface area contributed by atoms with E-state index in [0.717, 1.165) is 0 Å². The molecule has 0 aliphatic heterocycles. The summed E-state index contributed by atoms with van der Waals surface area (Å²) in [6.45, 7) is -0.147. The predicted molar refractivity (Wildman–Crippen MR) is 94.5 cm³/mol. The molecule has 26 heavy (non-hydrogen) atoms. The minimum Gasteiger partial charge on any atom is -0.456 e. The Bertz CT molecular complexity index is 909. The highest BCUT2D eigenvalue weighted by atomic mass is 35.5. The Balaban J connectivity index is 1.48. The molecule has 6 nitrogen and oxygen atoms in total. The van der Waals surface area contributed by atoms with Crippen molar-refractivity contribution in [2.24, 2.45) is 0 Å². The summed E-state index contributed by atoms with van der Waals surface area (Å²) in [5, 5.41) is 4.39. The van der Waals surface area contributed by atoms with Crippen LogP contribution in [0.4, 0.5) is 0 Å². The molecule has 3 rings (SSSR count). The van der Waals surface area contributed by atoms with Gasteiger partial charge < -0.3 is 9.26 Å². The van der Waals surface area contributed by atoms with Crippen LogP contribution in [-0.4, -0.2) is 21.9 Å². The third-order valence-electron chi connectivity index (χ3n) is 3.56. The highest BCUT2D eigenvalue weighted by molar-refractivity contribution is 6.30. The number of hydrogen-bond acceptors (Lipinski definition) is 6. The standard InChI is InChI=1S/C19H15ClN2O4/c20-15-8-4-7-14(11-15)19-21-17(26-22-19)12-25-18(24)10-9-16(23)13-5-2-1-3-6-13/h1-8,11H,9-10,12H2. The van der Waals surface area contributed by atoms with Crippen molar-refractivity contribution in [3.05, 3.63) is 71.1 Å². The number of carbonyl (C=O) groups is 2. The molecule has 132 valence electrons. The number of halogens is 1. The summed E-state index contributed by atoms with van der Waals surface area (Å²) in [5.41, 5.74) is 1.27. The van der Waals surface area contributed by atoms with E-state index in [2.05, 4.69) is 10.1 Å². The summed E-state index contributed by atoms with van der Waals surface area (Å²) >= 11 is 5.93. The summed E-state index contributed by atoms with van der Waals surface area (Å²) in [6.07, 6.45) is 0.0729. The van der Waals surface area contributed by atoms with Crippen molar-refractivity contribution in [1.29, 1.82) is 0 Å². The Morgan fingerprint density at radius 2 is 1.85 bits per heavy atom. The first kappa shape index (κ1) is 17.8. The number of hydrogen-bond donors (Lipinski definition) is 0. The molecule has 0 saturated heterocycles. The average molecular weight is 371 g/mol. The van der Waals surface area contributed by atoms with Gasteiger partial charge in [-0.05, 0) is 12.1 Å². The Kier molecular flexibility index (Phi) is 5.76. The monoisotopic (exact) mass is 370 g/mol. The second-order valence-electron chi connectivity index (χ2n) is 5.47. The van der Waals surface area contributed by atoms with E-state index in [9.17, 15) is 9.59 Å². The maximum absolute atomic E-state index is 12.0. The molecule has 1 aromatic heterocycles. The summed E-state index contributed by atoms with van der Waals surface area (Å²) < 4.78 is 10.1. The second-order valence-corrected chi connectivity index (χ2v) is 5.91. The molecule has 2 aromatic carbocycles. The highest BCUT2D eigenvalue weighted by Crippen LogP contribution is 2.20. The number of esters is 1. The third-order valence-corrected chi connectivity index (χ3v) is 3.79. The van der Waals surface area contributed by atoms with E-state index in [1.165, 1.54) is 0 Å². The van der Waals surface area contributed by atoms with Crippen molar-refractivity contribution >= 4 is 23.4 Å². The number of aromatic nitrogens is 2. The van der Waals surface area contributed by atoms with Gasteiger partial charge in [-0.25, -0.2) is 0 Å². The van der Waals surface area contributed by atoms with Gasteiger partial charge in [0, 0.05) is 22.6 Å². The minimum absolute atomic E-state index is 0.0109. The fraction of sp³-hybridized carbons (Fsp3) is 0.158. The molecule has 0 amide bonds. The van der Waals surface area contributed by atoms with Crippen molar-refractivity contribution in [2.45, 2.75) is 19.4 Å². The number of rotatable bonds is 7. The van der Waals surface area contributed by atoms with Gasteiger partial charge in [0.1, 0.15) is 0 Å². The van der Waals surface area contributed by atoms with Crippen molar-refractivity contribution in [3.63, 3.8) is 0 Å². The number of benzene rings is 2. The lowest BCUT2D eigenvalue weighted by molar-refractivity contribution is -0.145. The van der Waals surface area contributed by atoms with Gasteiger partial charge in [0.25, 0.3) is 5.89 Å². The van der Waals surface area contributed by atoms with Crippen LogP contribution in [0.5, 0.6) is 0 Å². The van der Waals surface area contributed by atoms with Crippen LogP contribution in [0.25, 0.3) is 11.4 Å². The van der Waals surface area contributed by atoms with Crippen LogP contribution >= 0.6 is 11.6 Å². The van der Waals surface area contributed by atoms with E-state index in [4.69, 9.17) is 20.9 Å². The molecule has 0 aliphatic carbocycles. The molecular formula is C19H15ClN2O4. The topological polar surface area (TPSA) is 82.3 Å². The van der Waals surface area contributed by atoms with Crippen molar-refractivity contribution in [3.8, 4) is 11.4 Å². The summed E-state index contributed by atoms with van der Waals surface area (Å²) in [7, 11) is 0. The number of Topliss-reactive ketones (excluding diaryl/α,β-unsaturated/α-hetero) is 1. The molecule has 3 aromatic rings. The van der Waals surface area contributed by atoms with Gasteiger partial charge >= 0.3 is 5.97 Å². The Morgan fingerprint density at radius 3 is 2.62 bits per heavy atom. The fourth-order valence-electron chi connectivity index (χ4n) is 2.26. The molecule has 0 aliphatic rings. The zero-order chi connectivity index (χ0) is 18.4. The molecular weight excluding hydrogens is 356 g/mol. The first-order chi connectivity index (χ1) is 12.6. The largest absolute Gasteiger partial charge is 0.456 e. The zero-order valence-electron chi connectivity index (χ0n) is 13.7. The average Bonchev–Trinajstić information content (AvgIpc) is 3.14. The molecule has 0 radical (unpaired) electrons. The molecule has 0 fully saturated rings. The maximum Gasteiger partial charge on any atom is 0.306 e. The van der Waals surface area contributed by atoms with E-state index in [0.29, 0.717) is 22.0 Å². The van der Waals surface area contributed by atoms with Crippen LogP contribution in [0, 0.1) is 0 Å². The van der Waals surface area contributed by atoms with E-state index in [-0.39, 0.29) is 31.1 Å². The molecule has 0 atom stereocenters. The lowest BCUT2D eigenvalue weighted by Gasteiger charge is -2.02. The molecule has 0 bridgehead atoms. The SMILES string of the molecule is O=C(CCC(=O)c1ccccc1)OCc1nc(-c2cccc(Cl)c2)no1. The van der Waals surface area contributed by atoms with E-state index >= 15 is 0 Å². The minimum atomic E-state index is -0.503. The number of nitrogens with zero attached hydrogens (tertiary/aromatic N) is 2. The van der Waals surface area contributed by atoms with Crippen LogP contribution in [0.3, 0.4) is 0 Å². The molecule has 0 N–H and O–H groups in total. The first-order valence-electron chi connectivity index (χ1n) is 7.94. The number of carbonyl (C=O) groups excluding carboxylic acids is 2. The van der Waals surface area contributed by atoms with Crippen LogP contribution in [-0.2, 0) is 16.1 Å². The summed E-state index contributed by atoms with van der Waals surface area (Å²) in [4.78, 5) is 27.9. The quantitative estimate of drug-likeness (QED) is 0.460. The smallest absolute Gasteiger partial charge is 0.306 e. The molecule has 0 spiro atoms. The Morgan fingerprint density at radius 1 is 1.04 bits per heavy atom. The molecule has 0 saturated carbocycles. The first-order valence-corrected chi connectivity index (χ1v) is 8.32. The van der Waals surface area contributed by atoms with Crippen LogP contribution < -0.4 is 0 Å². The maximum atomic E-state index is 12.0. The van der Waals surface area contributed by atoms with Gasteiger partial charge in [-0.1, -0.05) is 59.2 Å². The van der Waals surface area contributed by atoms with Crippen LogP contribution in [0.1, 0.15) is 29.1 Å². The fourth-order valence-corrected chi connectivity index (χ4v) is 2.45. The molecule has 1 heterocycles. The normalized spacial score (nSPS) is 10.5. The van der Waals surface area contributed by atoms with Gasteiger partial charge in [-0.2, -0.15) is 4.98 Å². The van der Waals surface area contributed by atoms with Crippen LogP contribution in [0.2, 0.25) is 5.02 Å². The number of ether oxygens (including phenoxy) is 1. The lowest BCUT2D eigenvalue weighted by Crippen LogP contribution is -2.08. The zero-order valence-corrected chi connectivity index (χ0v) is 14.5. The Labute approximate surface area is 154 Å². The lowest BCUT2D eigenvalue weighted by atomic mass is 10.1. The van der Waals surface area contributed by atoms with E-state index in [1.54, 1.807) is 48.5 Å². The van der Waals surface area contributed by atoms with Gasteiger partial charge in [0.15, 0.2) is 12.4 Å². The molecule has 0 unspecified atom stereocenters. The van der Waals surface area contributed by atoms with E-state index in [1.807, 2.05) is 6.07 Å². The summed E-state index contributed by atoms with van der Waals surface area (Å²) in [6, 6.07) is 15.8. The molecule has 7 heteroatoms. The van der Waals surface area contributed by atoms with Gasteiger partial charge in [-0.15, -0.1) is 0 Å². The third kappa shape index (κ3) is 4.77. The van der Waals surface area contributed by atoms with Crippen molar-refractivity contribution < 1.29 is 18.8 Å². The van der Waals surface area contributed by atoms with Gasteiger partial charge in [0.2, 0.25) is 5.82 Å². The second kappa shape index (κ2) is 8.40. The predicted octanol–water partition coefficient (Wildman–Crippen LogP) is 4.10. The summed E-state index contributed by atoms with van der Waals surface area (Å²) in [5.74, 6) is -0.0825. The van der Waals surface area contributed by atoms with Crippen molar-refractivity contribution in [2.75, 3.05) is 0 Å². The van der Waals surface area contributed by atoms with Gasteiger partial charge in [0.05, 0.1) is 6.42 Å². The highest BCUT2D eigenvalue weighted by Gasteiger charge is 2.13. The van der Waals surface area contributed by atoms with Crippen molar-refractivity contribution in [1.82, 2.24) is 10.1 Å². The van der Waals surface area contributed by atoms with Gasteiger partial charge in [-0.3, -0.25) is 9.59 Å². The Hall–Kier alpha value is -2.99.